The van der Waals surface area contributed by atoms with E-state index in [0.717, 1.165) is 12.8 Å². The van der Waals surface area contributed by atoms with Gasteiger partial charge in [-0.25, -0.2) is 8.42 Å². The van der Waals surface area contributed by atoms with Gasteiger partial charge >= 0.3 is 0 Å². The van der Waals surface area contributed by atoms with Crippen molar-refractivity contribution in [2.24, 2.45) is 0 Å². The van der Waals surface area contributed by atoms with Gasteiger partial charge in [-0.3, -0.25) is 4.79 Å². The third-order valence-corrected chi connectivity index (χ3v) is 5.75. The van der Waals surface area contributed by atoms with Crippen molar-refractivity contribution in [1.29, 1.82) is 0 Å². The molecule has 3 rings (SSSR count). The van der Waals surface area contributed by atoms with Crippen molar-refractivity contribution in [2.75, 3.05) is 13.1 Å². The van der Waals surface area contributed by atoms with Crippen molar-refractivity contribution in [3.05, 3.63) is 29.8 Å². The molecule has 0 aromatic heterocycles. The highest BCUT2D eigenvalue weighted by Crippen LogP contribution is 2.29. The highest BCUT2D eigenvalue weighted by Gasteiger charge is 2.39. The maximum atomic E-state index is 12.6. The zero-order valence-electron chi connectivity index (χ0n) is 11.3. The summed E-state index contributed by atoms with van der Waals surface area (Å²) in [6, 6.07) is 6.13. The topological polar surface area (TPSA) is 63.7 Å². The van der Waals surface area contributed by atoms with Gasteiger partial charge in [0.15, 0.2) is 5.78 Å². The van der Waals surface area contributed by atoms with Crippen LogP contribution in [0.5, 0.6) is 0 Å². The summed E-state index contributed by atoms with van der Waals surface area (Å²) in [5.41, 5.74) is 0.519. The molecule has 6 heteroatoms. The molecular weight excluding hydrogens is 278 g/mol. The molecule has 2 aliphatic rings. The predicted molar refractivity (Wildman–Crippen MR) is 73.1 cm³/mol. The standard InChI is InChI=1S/C14H17NO4S/c1-10(16)11-2-6-14(7-3-11)20(17,18)15-8-12-4-5-13(9-15)19-12/h2-3,6-7,12-13H,4-5,8-9H2,1H3. The van der Waals surface area contributed by atoms with E-state index in [9.17, 15) is 13.2 Å². The van der Waals surface area contributed by atoms with E-state index in [0.29, 0.717) is 18.7 Å². The number of Topliss-reactive ketones (excluding diaryl/α,β-unsaturated/α-hetero) is 1. The molecule has 0 aliphatic carbocycles. The van der Waals surface area contributed by atoms with Crippen LogP contribution >= 0.6 is 0 Å². The van der Waals surface area contributed by atoms with Gasteiger partial charge in [0.25, 0.3) is 0 Å². The molecule has 2 bridgehead atoms. The van der Waals surface area contributed by atoms with E-state index in [2.05, 4.69) is 0 Å². The van der Waals surface area contributed by atoms with Gasteiger partial charge in [-0.05, 0) is 31.9 Å². The van der Waals surface area contributed by atoms with Crippen LogP contribution in [-0.2, 0) is 14.8 Å². The lowest BCUT2D eigenvalue weighted by atomic mass is 10.2. The second kappa shape index (κ2) is 4.95. The minimum atomic E-state index is -3.49. The van der Waals surface area contributed by atoms with E-state index in [1.807, 2.05) is 0 Å². The molecule has 1 aromatic rings. The molecule has 0 amide bonds. The van der Waals surface area contributed by atoms with E-state index in [1.165, 1.54) is 23.4 Å². The summed E-state index contributed by atoms with van der Waals surface area (Å²) >= 11 is 0. The van der Waals surface area contributed by atoms with Gasteiger partial charge in [0.1, 0.15) is 0 Å². The Labute approximate surface area is 118 Å². The van der Waals surface area contributed by atoms with Crippen LogP contribution in [0.3, 0.4) is 0 Å². The normalized spacial score (nSPS) is 26.6. The van der Waals surface area contributed by atoms with Crippen LogP contribution in [0.15, 0.2) is 29.2 Å². The minimum Gasteiger partial charge on any atom is -0.372 e. The highest BCUT2D eigenvalue weighted by molar-refractivity contribution is 7.89. The number of ether oxygens (including phenoxy) is 1. The molecule has 2 aliphatic heterocycles. The number of rotatable bonds is 3. The van der Waals surface area contributed by atoms with Crippen molar-refractivity contribution in [1.82, 2.24) is 4.31 Å². The van der Waals surface area contributed by atoms with Gasteiger partial charge < -0.3 is 4.74 Å². The number of hydrogen-bond acceptors (Lipinski definition) is 4. The number of carbonyl (C=O) groups excluding carboxylic acids is 1. The number of benzene rings is 1. The van der Waals surface area contributed by atoms with Crippen molar-refractivity contribution in [3.63, 3.8) is 0 Å². The van der Waals surface area contributed by atoms with E-state index in [4.69, 9.17) is 4.74 Å². The largest absolute Gasteiger partial charge is 0.372 e. The third-order valence-electron chi connectivity index (χ3n) is 3.91. The lowest BCUT2D eigenvalue weighted by molar-refractivity contribution is -0.0114. The molecular formula is C14H17NO4S. The first-order chi connectivity index (χ1) is 9.46. The molecule has 2 saturated heterocycles. The lowest BCUT2D eigenvalue weighted by Gasteiger charge is -2.31. The first-order valence-corrected chi connectivity index (χ1v) is 8.17. The van der Waals surface area contributed by atoms with Crippen LogP contribution in [0.4, 0.5) is 0 Å². The molecule has 5 nitrogen and oxygen atoms in total. The van der Waals surface area contributed by atoms with E-state index in [1.54, 1.807) is 12.1 Å². The zero-order chi connectivity index (χ0) is 14.3. The molecule has 1 aromatic carbocycles. The van der Waals surface area contributed by atoms with E-state index in [-0.39, 0.29) is 22.9 Å². The summed E-state index contributed by atoms with van der Waals surface area (Å²) in [4.78, 5) is 11.5. The summed E-state index contributed by atoms with van der Waals surface area (Å²) in [7, 11) is -3.49. The van der Waals surface area contributed by atoms with Crippen LogP contribution in [0.2, 0.25) is 0 Å². The van der Waals surface area contributed by atoms with Gasteiger partial charge in [0, 0.05) is 18.7 Å². The van der Waals surface area contributed by atoms with Gasteiger partial charge in [-0.1, -0.05) is 12.1 Å². The Morgan fingerprint density at radius 2 is 1.70 bits per heavy atom. The summed E-state index contributed by atoms with van der Waals surface area (Å²) in [6.07, 6.45) is 1.92. The van der Waals surface area contributed by atoms with Crippen molar-refractivity contribution < 1.29 is 17.9 Å². The molecule has 2 atom stereocenters. The molecule has 0 saturated carbocycles. The number of hydrogen-bond donors (Lipinski definition) is 0. The molecule has 108 valence electrons. The molecule has 2 unspecified atom stereocenters. The number of fused-ring (bicyclic) bond motifs is 2. The maximum absolute atomic E-state index is 12.6. The van der Waals surface area contributed by atoms with Crippen LogP contribution in [0.1, 0.15) is 30.1 Å². The smallest absolute Gasteiger partial charge is 0.243 e. The number of nitrogens with zero attached hydrogens (tertiary/aromatic N) is 1. The zero-order valence-corrected chi connectivity index (χ0v) is 12.1. The predicted octanol–water partition coefficient (Wildman–Crippen LogP) is 1.44. The highest BCUT2D eigenvalue weighted by atomic mass is 32.2. The summed E-state index contributed by atoms with van der Waals surface area (Å²) in [5.74, 6) is -0.0710. The van der Waals surface area contributed by atoms with E-state index < -0.39 is 10.0 Å². The average Bonchev–Trinajstić information content (AvgIpc) is 2.77. The Balaban J connectivity index is 1.86. The molecule has 0 radical (unpaired) electrons. The number of ketones is 1. The van der Waals surface area contributed by atoms with Crippen molar-refractivity contribution in [3.8, 4) is 0 Å². The quantitative estimate of drug-likeness (QED) is 0.792. The van der Waals surface area contributed by atoms with Crippen molar-refractivity contribution >= 4 is 15.8 Å². The molecule has 2 fully saturated rings. The number of sulfonamides is 1. The number of morpholine rings is 1. The minimum absolute atomic E-state index is 0.0278. The second-order valence-corrected chi connectivity index (χ2v) is 7.30. The lowest BCUT2D eigenvalue weighted by Crippen LogP contribution is -2.45. The first-order valence-electron chi connectivity index (χ1n) is 6.73. The monoisotopic (exact) mass is 295 g/mol. The molecule has 0 N–H and O–H groups in total. The fourth-order valence-electron chi connectivity index (χ4n) is 2.78. The van der Waals surface area contributed by atoms with Crippen molar-refractivity contribution in [2.45, 2.75) is 36.9 Å². The van der Waals surface area contributed by atoms with Crippen LogP contribution in [0, 0.1) is 0 Å². The summed E-state index contributed by atoms with van der Waals surface area (Å²) in [5, 5.41) is 0. The summed E-state index contributed by atoms with van der Waals surface area (Å²) in [6.45, 7) is 2.31. The van der Waals surface area contributed by atoms with Gasteiger partial charge in [-0.15, -0.1) is 0 Å². The first kappa shape index (κ1) is 13.7. The Morgan fingerprint density at radius 1 is 1.15 bits per heavy atom. The fraction of sp³-hybridized carbons (Fsp3) is 0.500. The fourth-order valence-corrected chi connectivity index (χ4v) is 4.29. The molecule has 20 heavy (non-hydrogen) atoms. The van der Waals surface area contributed by atoms with Crippen LogP contribution in [0.25, 0.3) is 0 Å². The second-order valence-electron chi connectivity index (χ2n) is 5.36. The van der Waals surface area contributed by atoms with Crippen LogP contribution in [-0.4, -0.2) is 43.8 Å². The van der Waals surface area contributed by atoms with Gasteiger partial charge in [-0.2, -0.15) is 4.31 Å². The Bertz CT molecular complexity index is 611. The Morgan fingerprint density at radius 3 is 2.20 bits per heavy atom. The molecule has 0 spiro atoms. The maximum Gasteiger partial charge on any atom is 0.243 e. The summed E-state index contributed by atoms with van der Waals surface area (Å²) < 4.78 is 32.3. The number of carbonyl (C=O) groups is 1. The Kier molecular flexibility index (Phi) is 3.40. The SMILES string of the molecule is CC(=O)c1ccc(S(=O)(=O)N2CC3CCC(C2)O3)cc1. The third kappa shape index (κ3) is 2.39. The van der Waals surface area contributed by atoms with E-state index >= 15 is 0 Å². The van der Waals surface area contributed by atoms with Gasteiger partial charge in [0.2, 0.25) is 10.0 Å². The van der Waals surface area contributed by atoms with Gasteiger partial charge in [0.05, 0.1) is 17.1 Å². The van der Waals surface area contributed by atoms with Crippen LogP contribution < -0.4 is 0 Å². The average molecular weight is 295 g/mol. The Hall–Kier alpha value is -1.24. The molecule has 2 heterocycles.